The van der Waals surface area contributed by atoms with Gasteiger partial charge < -0.3 is 5.32 Å². The molecule has 1 amide bonds. The van der Waals surface area contributed by atoms with Crippen LogP contribution in [0.1, 0.15) is 19.8 Å². The molecule has 0 saturated heterocycles. The fourth-order valence-electron chi connectivity index (χ4n) is 0.446. The van der Waals surface area contributed by atoms with E-state index in [1.165, 1.54) is 0 Å². The van der Waals surface area contributed by atoms with Crippen molar-refractivity contribution in [2.45, 2.75) is 19.8 Å². The van der Waals surface area contributed by atoms with E-state index < -0.39 is 0 Å². The molecule has 0 spiro atoms. The summed E-state index contributed by atoms with van der Waals surface area (Å²) in [4.78, 5) is 10.6. The van der Waals surface area contributed by atoms with E-state index in [2.05, 4.69) is 17.9 Å². The molecule has 0 aromatic rings. The molecule has 0 atom stereocenters. The summed E-state index contributed by atoms with van der Waals surface area (Å²) in [6.45, 7) is 2.79. The molecule has 0 saturated carbocycles. The zero-order valence-corrected chi connectivity index (χ0v) is 6.46. The molecule has 53 valence electrons. The van der Waals surface area contributed by atoms with E-state index in [-0.39, 0.29) is 5.91 Å². The molecule has 0 aliphatic carbocycles. The Hall–Kier alpha value is -0.180. The number of carbonyl (C=O) groups excluding carboxylic acids is 1. The number of carbonyl (C=O) groups is 1. The van der Waals surface area contributed by atoms with Crippen LogP contribution in [0.25, 0.3) is 0 Å². The molecule has 0 bridgehead atoms. The summed E-state index contributed by atoms with van der Waals surface area (Å²) in [6, 6.07) is 0. The average Bonchev–Trinajstić information content (AvgIpc) is 1.85. The van der Waals surface area contributed by atoms with Crippen LogP contribution in [0, 0.1) is 0 Å². The van der Waals surface area contributed by atoms with Crippen molar-refractivity contribution < 1.29 is 4.79 Å². The van der Waals surface area contributed by atoms with Gasteiger partial charge in [0.05, 0.1) is 0 Å². The maximum Gasteiger partial charge on any atom is 0.220 e. The monoisotopic (exact) mass is 146 g/mol. The van der Waals surface area contributed by atoms with Gasteiger partial charge in [-0.15, -0.1) is 0 Å². The fourth-order valence-corrected chi connectivity index (χ4v) is 0.631. The molecular weight excluding hydrogens is 134 g/mol. The van der Waals surface area contributed by atoms with Gasteiger partial charge in [0.25, 0.3) is 0 Å². The van der Waals surface area contributed by atoms with Crippen molar-refractivity contribution in [1.82, 2.24) is 5.32 Å². The highest BCUT2D eigenvalue weighted by Gasteiger charge is 1.95. The minimum Gasteiger partial charge on any atom is -0.356 e. The van der Waals surface area contributed by atoms with Crippen LogP contribution in [0.5, 0.6) is 0 Å². The Labute approximate surface area is 61.4 Å². The Morgan fingerprint density at radius 1 is 1.67 bits per heavy atom. The lowest BCUT2D eigenvalue weighted by atomic mass is 10.4. The molecule has 0 rings (SSSR count). The number of hydrogen-bond acceptors (Lipinski definition) is 1. The van der Waals surface area contributed by atoms with Crippen LogP contribution in [0.3, 0.4) is 0 Å². The van der Waals surface area contributed by atoms with E-state index in [4.69, 9.17) is 0 Å². The van der Waals surface area contributed by atoms with Crippen molar-refractivity contribution in [2.75, 3.05) is 12.3 Å². The topological polar surface area (TPSA) is 29.1 Å². The van der Waals surface area contributed by atoms with Gasteiger partial charge >= 0.3 is 0 Å². The number of rotatable bonds is 4. The molecule has 0 aliphatic heterocycles. The third-order valence-corrected chi connectivity index (χ3v) is 1.11. The Morgan fingerprint density at radius 2 is 2.33 bits per heavy atom. The molecule has 0 fully saturated rings. The largest absolute Gasteiger partial charge is 0.356 e. The molecule has 1 radical (unpaired) electrons. The summed E-state index contributed by atoms with van der Waals surface area (Å²) in [6.07, 6.45) is 1.47. The summed E-state index contributed by atoms with van der Waals surface area (Å²) < 4.78 is 0. The molecule has 0 heterocycles. The van der Waals surface area contributed by atoms with Gasteiger partial charge in [0, 0.05) is 18.7 Å². The van der Waals surface area contributed by atoms with Crippen LogP contribution in [0.15, 0.2) is 0 Å². The van der Waals surface area contributed by atoms with E-state index in [9.17, 15) is 4.79 Å². The second kappa shape index (κ2) is 5.95. The molecular formula is C6H12NOS. The highest BCUT2D eigenvalue weighted by atomic mass is 32.1. The SMILES string of the molecule is CCCNC(=O)CC[S]. The zero-order valence-electron chi connectivity index (χ0n) is 5.64. The fraction of sp³-hybridized carbons (Fsp3) is 0.833. The predicted molar refractivity (Wildman–Crippen MR) is 40.4 cm³/mol. The van der Waals surface area contributed by atoms with Crippen molar-refractivity contribution in [3.63, 3.8) is 0 Å². The maximum absolute atomic E-state index is 10.6. The van der Waals surface area contributed by atoms with Crippen molar-refractivity contribution >= 4 is 18.5 Å². The average molecular weight is 146 g/mol. The van der Waals surface area contributed by atoms with Gasteiger partial charge in [-0.2, -0.15) is 0 Å². The predicted octanol–water partition coefficient (Wildman–Crippen LogP) is 1.10. The lowest BCUT2D eigenvalue weighted by Gasteiger charge is -1.98. The molecule has 0 aromatic heterocycles. The van der Waals surface area contributed by atoms with Gasteiger partial charge in [0.15, 0.2) is 0 Å². The normalized spacial score (nSPS) is 9.11. The molecule has 9 heavy (non-hydrogen) atoms. The first-order valence-electron chi connectivity index (χ1n) is 3.16. The summed E-state index contributed by atoms with van der Waals surface area (Å²) in [5, 5.41) is 2.73. The van der Waals surface area contributed by atoms with Crippen molar-refractivity contribution in [2.24, 2.45) is 0 Å². The first-order chi connectivity index (χ1) is 4.31. The Morgan fingerprint density at radius 3 is 2.78 bits per heavy atom. The van der Waals surface area contributed by atoms with Crippen molar-refractivity contribution in [3.8, 4) is 0 Å². The van der Waals surface area contributed by atoms with Crippen molar-refractivity contribution in [1.29, 1.82) is 0 Å². The quantitative estimate of drug-likeness (QED) is 0.632. The van der Waals surface area contributed by atoms with E-state index in [0.29, 0.717) is 12.2 Å². The van der Waals surface area contributed by atoms with Gasteiger partial charge in [-0.25, -0.2) is 0 Å². The third kappa shape index (κ3) is 5.69. The molecule has 0 aliphatic rings. The molecule has 0 unspecified atom stereocenters. The summed E-state index contributed by atoms with van der Waals surface area (Å²) in [5.74, 6) is 0.599. The second-order valence-electron chi connectivity index (χ2n) is 1.80. The molecule has 2 nitrogen and oxygen atoms in total. The standard InChI is InChI=1S/C6H12NOS/c1-2-4-7-6(8)3-5-9/h2-5H2,1H3,(H,7,8). The highest BCUT2D eigenvalue weighted by molar-refractivity contribution is 7.80. The summed E-state index contributed by atoms with van der Waals surface area (Å²) in [5.41, 5.74) is 0. The summed E-state index contributed by atoms with van der Waals surface area (Å²) >= 11 is 4.62. The van der Waals surface area contributed by atoms with Crippen LogP contribution in [-0.4, -0.2) is 18.2 Å². The first kappa shape index (κ1) is 8.82. The van der Waals surface area contributed by atoms with Gasteiger partial charge in [-0.3, -0.25) is 4.79 Å². The van der Waals surface area contributed by atoms with E-state index >= 15 is 0 Å². The number of nitrogens with one attached hydrogen (secondary N) is 1. The number of hydrogen-bond donors (Lipinski definition) is 1. The van der Waals surface area contributed by atoms with E-state index in [1.54, 1.807) is 0 Å². The highest BCUT2D eigenvalue weighted by Crippen LogP contribution is 1.82. The Bertz CT molecular complexity index is 85.1. The molecule has 1 N–H and O–H groups in total. The lowest BCUT2D eigenvalue weighted by molar-refractivity contribution is -0.120. The lowest BCUT2D eigenvalue weighted by Crippen LogP contribution is -2.23. The minimum absolute atomic E-state index is 0.0758. The number of amides is 1. The third-order valence-electron chi connectivity index (χ3n) is 0.901. The van der Waals surface area contributed by atoms with Crippen molar-refractivity contribution in [3.05, 3.63) is 0 Å². The minimum atomic E-state index is 0.0758. The van der Waals surface area contributed by atoms with Gasteiger partial charge in [0.1, 0.15) is 0 Å². The maximum atomic E-state index is 10.6. The van der Waals surface area contributed by atoms with Crippen LogP contribution in [0.2, 0.25) is 0 Å². The second-order valence-corrected chi connectivity index (χ2v) is 2.21. The molecule has 3 heteroatoms. The van der Waals surface area contributed by atoms with Gasteiger partial charge in [-0.1, -0.05) is 19.6 Å². The van der Waals surface area contributed by atoms with E-state index in [1.807, 2.05) is 6.92 Å². The van der Waals surface area contributed by atoms with Crippen LogP contribution in [0.4, 0.5) is 0 Å². The summed E-state index contributed by atoms with van der Waals surface area (Å²) in [7, 11) is 0. The van der Waals surface area contributed by atoms with E-state index in [0.717, 1.165) is 13.0 Å². The zero-order chi connectivity index (χ0) is 7.11. The van der Waals surface area contributed by atoms with Gasteiger partial charge in [-0.05, 0) is 6.42 Å². The Kier molecular flexibility index (Phi) is 5.83. The smallest absolute Gasteiger partial charge is 0.220 e. The van der Waals surface area contributed by atoms with Crippen LogP contribution in [-0.2, 0) is 4.79 Å². The molecule has 0 aromatic carbocycles. The van der Waals surface area contributed by atoms with Crippen LogP contribution < -0.4 is 5.32 Å². The Balaban J connectivity index is 3.06. The first-order valence-corrected chi connectivity index (χ1v) is 3.73. The van der Waals surface area contributed by atoms with Gasteiger partial charge in [0.2, 0.25) is 5.91 Å². The van der Waals surface area contributed by atoms with Crippen LogP contribution >= 0.6 is 12.6 Å².